The number of ketones is 1. The summed E-state index contributed by atoms with van der Waals surface area (Å²) in [5, 5.41) is 0. The van der Waals surface area contributed by atoms with E-state index in [9.17, 15) is 18.0 Å². The molecule has 0 amide bonds. The summed E-state index contributed by atoms with van der Waals surface area (Å²) in [4.78, 5) is 23.7. The van der Waals surface area contributed by atoms with Gasteiger partial charge in [0.1, 0.15) is 0 Å². The Morgan fingerprint density at radius 1 is 1.38 bits per heavy atom. The molecule has 1 fully saturated rings. The van der Waals surface area contributed by atoms with E-state index in [1.54, 1.807) is 0 Å². The van der Waals surface area contributed by atoms with Crippen molar-refractivity contribution in [2.75, 3.05) is 13.4 Å². The number of carbonyl (C=O) groups excluding carboxylic acids is 2. The van der Waals surface area contributed by atoms with Gasteiger partial charge in [0.15, 0.2) is 5.78 Å². The molecule has 21 heavy (non-hydrogen) atoms. The average molecular weight is 316 g/mol. The third kappa shape index (κ3) is 3.18. The highest BCUT2D eigenvalue weighted by atomic mass is 32.2. The molecule has 2 aliphatic rings. The molecule has 0 N–H and O–H groups in total. The molecule has 0 heterocycles. The molecule has 0 bridgehead atoms. The van der Waals surface area contributed by atoms with E-state index in [1.165, 1.54) is 13.2 Å². The van der Waals surface area contributed by atoms with Gasteiger partial charge < -0.3 is 4.74 Å². The van der Waals surface area contributed by atoms with Gasteiger partial charge in [-0.15, -0.1) is 0 Å². The average Bonchev–Trinajstić information content (AvgIpc) is 2.58. The molecular weight excluding hydrogens is 296 g/mol. The van der Waals surface area contributed by atoms with Crippen LogP contribution < -0.4 is 0 Å². The number of ether oxygens (including phenoxy) is 1. The summed E-state index contributed by atoms with van der Waals surface area (Å²) in [7, 11) is -2.37. The molecule has 0 aromatic heterocycles. The van der Waals surface area contributed by atoms with E-state index in [4.69, 9.17) is 8.92 Å². The summed E-state index contributed by atoms with van der Waals surface area (Å²) < 4.78 is 32.9. The van der Waals surface area contributed by atoms with Gasteiger partial charge in [-0.3, -0.25) is 8.98 Å². The topological polar surface area (TPSA) is 86.7 Å². The van der Waals surface area contributed by atoms with E-state index in [1.807, 2.05) is 13.8 Å². The Hall–Kier alpha value is -1.21. The summed E-state index contributed by atoms with van der Waals surface area (Å²) in [6.45, 7) is 3.78. The van der Waals surface area contributed by atoms with Gasteiger partial charge in [0.2, 0.25) is 0 Å². The monoisotopic (exact) mass is 316 g/mol. The first-order valence-corrected chi connectivity index (χ1v) is 8.58. The molecule has 7 heteroatoms. The van der Waals surface area contributed by atoms with Gasteiger partial charge in [0.05, 0.1) is 19.5 Å². The Bertz CT molecular complexity index is 601. The van der Waals surface area contributed by atoms with Crippen molar-refractivity contribution < 1.29 is 26.9 Å². The maximum atomic E-state index is 11.9. The molecule has 2 aliphatic carbocycles. The second-order valence-electron chi connectivity index (χ2n) is 6.45. The van der Waals surface area contributed by atoms with Crippen LogP contribution in [0.1, 0.15) is 26.7 Å². The summed E-state index contributed by atoms with van der Waals surface area (Å²) >= 11 is 0. The third-order valence-corrected chi connectivity index (χ3v) is 4.83. The first kappa shape index (κ1) is 16.2. The fraction of sp³-hybridized carbons (Fsp3) is 0.714. The van der Waals surface area contributed by atoms with E-state index in [2.05, 4.69) is 0 Å². The number of esters is 1. The van der Waals surface area contributed by atoms with Crippen LogP contribution in [0.5, 0.6) is 0 Å². The fourth-order valence-corrected chi connectivity index (χ4v) is 4.28. The normalized spacial score (nSPS) is 31.5. The number of rotatable bonds is 3. The van der Waals surface area contributed by atoms with Crippen molar-refractivity contribution >= 4 is 21.9 Å². The standard InChI is InChI=1S/C14H20O6S/c1-14(2)7-11-9(12(14)20-21(4,17)18)5-8(15)6-10(11)13(16)19-3/h6,9,11-12H,5,7H2,1-4H3/t9-,11-,12-/m1/s1. The van der Waals surface area contributed by atoms with E-state index < -0.39 is 27.6 Å². The Labute approximate surface area is 124 Å². The van der Waals surface area contributed by atoms with Crippen LogP contribution >= 0.6 is 0 Å². The Morgan fingerprint density at radius 3 is 2.52 bits per heavy atom. The van der Waals surface area contributed by atoms with Gasteiger partial charge >= 0.3 is 5.97 Å². The molecule has 0 unspecified atom stereocenters. The maximum absolute atomic E-state index is 11.9. The van der Waals surface area contributed by atoms with Gasteiger partial charge in [-0.1, -0.05) is 13.8 Å². The van der Waals surface area contributed by atoms with Gasteiger partial charge in [-0.2, -0.15) is 8.42 Å². The van der Waals surface area contributed by atoms with Gasteiger partial charge in [-0.05, 0) is 23.8 Å². The molecule has 0 aromatic carbocycles. The van der Waals surface area contributed by atoms with Crippen molar-refractivity contribution in [2.24, 2.45) is 17.3 Å². The van der Waals surface area contributed by atoms with Crippen molar-refractivity contribution in [1.29, 1.82) is 0 Å². The number of allylic oxidation sites excluding steroid dienone is 1. The Kier molecular flexibility index (Phi) is 4.01. The molecular formula is C14H20O6S. The molecule has 0 spiro atoms. The van der Waals surface area contributed by atoms with Crippen LogP contribution in [-0.4, -0.2) is 39.6 Å². The molecule has 0 aromatic rings. The zero-order valence-electron chi connectivity index (χ0n) is 12.6. The van der Waals surface area contributed by atoms with Crippen molar-refractivity contribution in [3.8, 4) is 0 Å². The Morgan fingerprint density at radius 2 is 2.00 bits per heavy atom. The molecule has 0 aliphatic heterocycles. The summed E-state index contributed by atoms with van der Waals surface area (Å²) in [5.41, 5.74) is -0.123. The van der Waals surface area contributed by atoms with Crippen LogP contribution in [0.15, 0.2) is 11.6 Å². The second kappa shape index (κ2) is 5.21. The number of fused-ring (bicyclic) bond motifs is 1. The molecule has 3 atom stereocenters. The molecule has 0 saturated heterocycles. The minimum absolute atomic E-state index is 0.189. The van der Waals surface area contributed by atoms with Crippen LogP contribution in [0, 0.1) is 17.3 Å². The van der Waals surface area contributed by atoms with Gasteiger partial charge in [0.25, 0.3) is 10.1 Å². The van der Waals surface area contributed by atoms with Gasteiger partial charge in [-0.25, -0.2) is 4.79 Å². The van der Waals surface area contributed by atoms with Crippen LogP contribution in [0.3, 0.4) is 0 Å². The van der Waals surface area contributed by atoms with E-state index in [0.29, 0.717) is 12.0 Å². The number of carbonyl (C=O) groups is 2. The summed E-state index contributed by atoms with van der Waals surface area (Å²) in [5.74, 6) is -1.26. The minimum Gasteiger partial charge on any atom is -0.466 e. The fourth-order valence-electron chi connectivity index (χ4n) is 3.50. The zero-order chi connectivity index (χ0) is 16.0. The lowest BCUT2D eigenvalue weighted by atomic mass is 9.79. The first-order valence-electron chi connectivity index (χ1n) is 6.76. The van der Waals surface area contributed by atoms with E-state index >= 15 is 0 Å². The third-order valence-electron chi connectivity index (χ3n) is 4.27. The summed E-state index contributed by atoms with van der Waals surface area (Å²) in [6.07, 6.45) is 2.47. The smallest absolute Gasteiger partial charge is 0.334 e. The number of hydrogen-bond donors (Lipinski definition) is 0. The lowest BCUT2D eigenvalue weighted by Crippen LogP contribution is -2.36. The molecule has 1 saturated carbocycles. The maximum Gasteiger partial charge on any atom is 0.334 e. The predicted molar refractivity (Wildman–Crippen MR) is 74.8 cm³/mol. The predicted octanol–water partition coefficient (Wildman–Crippen LogP) is 1.07. The second-order valence-corrected chi connectivity index (χ2v) is 8.05. The van der Waals surface area contributed by atoms with E-state index in [0.717, 1.165) is 6.26 Å². The number of hydrogen-bond acceptors (Lipinski definition) is 6. The van der Waals surface area contributed by atoms with E-state index in [-0.39, 0.29) is 24.0 Å². The summed E-state index contributed by atoms with van der Waals surface area (Å²) in [6, 6.07) is 0. The highest BCUT2D eigenvalue weighted by molar-refractivity contribution is 7.86. The lowest BCUT2D eigenvalue weighted by molar-refractivity contribution is -0.137. The quantitative estimate of drug-likeness (QED) is 0.572. The van der Waals surface area contributed by atoms with Crippen LogP contribution in [-0.2, 0) is 28.6 Å². The SMILES string of the molecule is COC(=O)C1=CC(=O)C[C@H]2[C@@H](OS(C)(=O)=O)C(C)(C)C[C@@H]12. The molecule has 0 radical (unpaired) electrons. The first-order chi connectivity index (χ1) is 9.55. The van der Waals surface area contributed by atoms with Gasteiger partial charge in [0, 0.05) is 17.9 Å². The van der Waals surface area contributed by atoms with Crippen molar-refractivity contribution in [3.05, 3.63) is 11.6 Å². The van der Waals surface area contributed by atoms with Crippen molar-refractivity contribution in [2.45, 2.75) is 32.8 Å². The lowest BCUT2D eigenvalue weighted by Gasteiger charge is -2.30. The highest BCUT2D eigenvalue weighted by Crippen LogP contribution is 2.53. The van der Waals surface area contributed by atoms with Crippen molar-refractivity contribution in [3.63, 3.8) is 0 Å². The largest absolute Gasteiger partial charge is 0.466 e. The zero-order valence-corrected chi connectivity index (χ0v) is 13.4. The highest BCUT2D eigenvalue weighted by Gasteiger charge is 2.54. The van der Waals surface area contributed by atoms with Crippen LogP contribution in [0.2, 0.25) is 0 Å². The molecule has 6 nitrogen and oxygen atoms in total. The number of methoxy groups -OCH3 is 1. The molecule has 118 valence electrons. The van der Waals surface area contributed by atoms with Crippen LogP contribution in [0.4, 0.5) is 0 Å². The van der Waals surface area contributed by atoms with Crippen LogP contribution in [0.25, 0.3) is 0 Å². The molecule has 2 rings (SSSR count). The van der Waals surface area contributed by atoms with Crippen molar-refractivity contribution in [1.82, 2.24) is 0 Å². The Balaban J connectivity index is 2.40. The minimum atomic E-state index is -3.64.